The summed E-state index contributed by atoms with van der Waals surface area (Å²) in [4.78, 5) is 12.2. The van der Waals surface area contributed by atoms with Gasteiger partial charge in [0.1, 0.15) is 5.82 Å². The van der Waals surface area contributed by atoms with Crippen LogP contribution in [0, 0.1) is 13.8 Å². The van der Waals surface area contributed by atoms with Gasteiger partial charge in [0.15, 0.2) is 11.6 Å². The summed E-state index contributed by atoms with van der Waals surface area (Å²) in [6.07, 6.45) is -4.85. The summed E-state index contributed by atoms with van der Waals surface area (Å²) in [6, 6.07) is 8.68. The minimum absolute atomic E-state index is 0.112. The minimum Gasteiger partial charge on any atom is -0.366 e. The van der Waals surface area contributed by atoms with Crippen LogP contribution in [0.15, 0.2) is 36.4 Å². The molecule has 0 saturated heterocycles. The van der Waals surface area contributed by atoms with Crippen LogP contribution in [0.2, 0.25) is 0 Å². The third kappa shape index (κ3) is 3.12. The standard InChI is InChI=1S/C17H17F3N6O/c1-10-9-13(23-11(2)22-10)26-14(24-15(21)25-26)16(27-3,17(18,19)20)12-7-5-4-6-8-12/h4-9H,1-3H3,(H2,21,25)/t16-/m0/s1. The average Bonchev–Trinajstić information content (AvgIpc) is 2.97. The van der Waals surface area contributed by atoms with E-state index in [0.717, 1.165) is 11.8 Å². The van der Waals surface area contributed by atoms with Crippen LogP contribution in [0.3, 0.4) is 0 Å². The number of methoxy groups -OCH3 is 1. The van der Waals surface area contributed by atoms with Gasteiger partial charge in [0.05, 0.1) is 0 Å². The highest BCUT2D eigenvalue weighted by Gasteiger charge is 2.61. The van der Waals surface area contributed by atoms with Crippen LogP contribution in [0.1, 0.15) is 22.9 Å². The number of nitrogen functional groups attached to an aromatic ring is 1. The number of ether oxygens (including phenoxy) is 1. The first-order chi connectivity index (χ1) is 12.7. The lowest BCUT2D eigenvalue weighted by atomic mass is 9.91. The van der Waals surface area contributed by atoms with Crippen molar-refractivity contribution in [2.45, 2.75) is 25.6 Å². The maximum Gasteiger partial charge on any atom is 0.429 e. The first-order valence-corrected chi connectivity index (χ1v) is 7.92. The van der Waals surface area contributed by atoms with E-state index in [9.17, 15) is 13.2 Å². The van der Waals surface area contributed by atoms with Crippen LogP contribution in [0.25, 0.3) is 5.82 Å². The van der Waals surface area contributed by atoms with Crippen LogP contribution in [0.4, 0.5) is 19.1 Å². The highest BCUT2D eigenvalue weighted by molar-refractivity contribution is 5.38. The van der Waals surface area contributed by atoms with Gasteiger partial charge in [-0.1, -0.05) is 30.3 Å². The molecule has 1 aromatic carbocycles. The maximum atomic E-state index is 14.3. The Morgan fingerprint density at radius 2 is 1.70 bits per heavy atom. The number of anilines is 1. The summed E-state index contributed by atoms with van der Waals surface area (Å²) in [5.74, 6) is -0.389. The lowest BCUT2D eigenvalue weighted by Crippen LogP contribution is -2.47. The van der Waals surface area contributed by atoms with Crippen molar-refractivity contribution >= 4 is 5.95 Å². The van der Waals surface area contributed by atoms with E-state index in [0.29, 0.717) is 11.5 Å². The quantitative estimate of drug-likeness (QED) is 0.751. The zero-order valence-corrected chi connectivity index (χ0v) is 14.8. The maximum absolute atomic E-state index is 14.3. The number of rotatable bonds is 4. The summed E-state index contributed by atoms with van der Waals surface area (Å²) in [6.45, 7) is 3.32. The van der Waals surface area contributed by atoms with Gasteiger partial charge in [0.25, 0.3) is 0 Å². The first-order valence-electron chi connectivity index (χ1n) is 7.92. The fourth-order valence-corrected chi connectivity index (χ4v) is 2.94. The Hall–Kier alpha value is -3.01. The van der Waals surface area contributed by atoms with Gasteiger partial charge in [-0.2, -0.15) is 22.8 Å². The van der Waals surface area contributed by atoms with Gasteiger partial charge in [0, 0.05) is 24.4 Å². The molecule has 0 aliphatic heterocycles. The number of alkyl halides is 3. The fourth-order valence-electron chi connectivity index (χ4n) is 2.94. The monoisotopic (exact) mass is 378 g/mol. The Balaban J connectivity index is 2.35. The largest absolute Gasteiger partial charge is 0.429 e. The number of hydrogen-bond donors (Lipinski definition) is 1. The smallest absolute Gasteiger partial charge is 0.366 e. The second-order valence-electron chi connectivity index (χ2n) is 5.87. The molecule has 10 heteroatoms. The number of benzene rings is 1. The summed E-state index contributed by atoms with van der Waals surface area (Å²) >= 11 is 0. The molecule has 1 atom stereocenters. The molecule has 2 heterocycles. The molecule has 0 aliphatic rings. The van der Waals surface area contributed by atoms with E-state index in [-0.39, 0.29) is 17.3 Å². The second-order valence-corrected chi connectivity index (χ2v) is 5.87. The van der Waals surface area contributed by atoms with Gasteiger partial charge >= 0.3 is 6.18 Å². The molecule has 0 aliphatic carbocycles. The van der Waals surface area contributed by atoms with Gasteiger partial charge in [-0.05, 0) is 13.8 Å². The van der Waals surface area contributed by atoms with Crippen molar-refractivity contribution in [1.82, 2.24) is 24.7 Å². The SMILES string of the molecule is CO[C@@](c1ccccc1)(c1nc(N)nn1-c1cc(C)nc(C)n1)C(F)(F)F. The van der Waals surface area contributed by atoms with Crippen LogP contribution in [0.5, 0.6) is 0 Å². The zero-order valence-electron chi connectivity index (χ0n) is 14.8. The molecule has 0 unspecified atom stereocenters. The molecule has 0 radical (unpaired) electrons. The van der Waals surface area contributed by atoms with Crippen molar-refractivity contribution in [3.63, 3.8) is 0 Å². The van der Waals surface area contributed by atoms with Gasteiger partial charge in [-0.25, -0.2) is 9.97 Å². The van der Waals surface area contributed by atoms with Crippen LogP contribution >= 0.6 is 0 Å². The van der Waals surface area contributed by atoms with E-state index in [1.165, 1.54) is 30.3 Å². The molecule has 0 fully saturated rings. The van der Waals surface area contributed by atoms with Crippen molar-refractivity contribution in [2.75, 3.05) is 12.8 Å². The van der Waals surface area contributed by atoms with Crippen molar-refractivity contribution < 1.29 is 17.9 Å². The van der Waals surface area contributed by atoms with Gasteiger partial charge in [0.2, 0.25) is 11.5 Å². The fraction of sp³-hybridized carbons (Fsp3) is 0.294. The highest BCUT2D eigenvalue weighted by atomic mass is 19.4. The van der Waals surface area contributed by atoms with Crippen molar-refractivity contribution in [3.05, 3.63) is 59.3 Å². The molecule has 27 heavy (non-hydrogen) atoms. The number of nitrogens with two attached hydrogens (primary N) is 1. The van der Waals surface area contributed by atoms with Crippen LogP contribution in [-0.4, -0.2) is 38.0 Å². The number of halogens is 3. The molecule has 2 aromatic heterocycles. The molecule has 7 nitrogen and oxygen atoms in total. The van der Waals surface area contributed by atoms with Crippen molar-refractivity contribution in [2.24, 2.45) is 0 Å². The van der Waals surface area contributed by atoms with Crippen LogP contribution < -0.4 is 5.73 Å². The van der Waals surface area contributed by atoms with E-state index in [1.807, 2.05) is 0 Å². The zero-order chi connectivity index (χ0) is 19.8. The molecule has 3 rings (SSSR count). The van der Waals surface area contributed by atoms with Gasteiger partial charge < -0.3 is 10.5 Å². The minimum atomic E-state index is -4.85. The Morgan fingerprint density at radius 3 is 2.26 bits per heavy atom. The topological polar surface area (TPSA) is 91.7 Å². The molecular formula is C17H17F3N6O. The van der Waals surface area contributed by atoms with Gasteiger partial charge in [-0.3, -0.25) is 0 Å². The third-order valence-corrected chi connectivity index (χ3v) is 3.99. The second kappa shape index (κ2) is 6.62. The Morgan fingerprint density at radius 1 is 1.04 bits per heavy atom. The van der Waals surface area contributed by atoms with E-state index in [1.54, 1.807) is 19.9 Å². The first kappa shape index (κ1) is 18.8. The number of aryl methyl sites for hydroxylation is 2. The lowest BCUT2D eigenvalue weighted by molar-refractivity contribution is -0.261. The Kier molecular flexibility index (Phi) is 4.60. The Labute approximate surface area is 153 Å². The molecule has 0 bridgehead atoms. The summed E-state index contributed by atoms with van der Waals surface area (Å²) in [5.41, 5.74) is 3.18. The number of hydrogen-bond acceptors (Lipinski definition) is 6. The van der Waals surface area contributed by atoms with E-state index >= 15 is 0 Å². The van der Waals surface area contributed by atoms with E-state index in [2.05, 4.69) is 20.1 Å². The summed E-state index contributed by atoms with van der Waals surface area (Å²) in [7, 11) is 0.964. The predicted molar refractivity (Wildman–Crippen MR) is 91.1 cm³/mol. The molecule has 0 spiro atoms. The molecule has 0 amide bonds. The molecule has 142 valence electrons. The number of aromatic nitrogens is 5. The van der Waals surface area contributed by atoms with Crippen molar-refractivity contribution in [3.8, 4) is 5.82 Å². The van der Waals surface area contributed by atoms with E-state index < -0.39 is 17.6 Å². The summed E-state index contributed by atoms with van der Waals surface area (Å²) in [5, 5.41) is 3.93. The Bertz CT molecular complexity index is 937. The molecular weight excluding hydrogens is 361 g/mol. The number of nitrogens with zero attached hydrogens (tertiary/aromatic N) is 5. The van der Waals surface area contributed by atoms with Crippen molar-refractivity contribution in [1.29, 1.82) is 0 Å². The van der Waals surface area contributed by atoms with Crippen LogP contribution in [-0.2, 0) is 10.3 Å². The highest BCUT2D eigenvalue weighted by Crippen LogP contribution is 2.46. The predicted octanol–water partition coefficient (Wildman–Crippen LogP) is 2.71. The van der Waals surface area contributed by atoms with Gasteiger partial charge in [-0.15, -0.1) is 5.10 Å². The third-order valence-electron chi connectivity index (χ3n) is 3.99. The van der Waals surface area contributed by atoms with E-state index in [4.69, 9.17) is 10.5 Å². The molecule has 3 aromatic rings. The summed E-state index contributed by atoms with van der Waals surface area (Å²) < 4.78 is 49.0. The average molecular weight is 378 g/mol. The normalized spacial score (nSPS) is 14.1. The molecule has 0 saturated carbocycles. The molecule has 2 N–H and O–H groups in total. The lowest BCUT2D eigenvalue weighted by Gasteiger charge is -2.33.